The Bertz CT molecular complexity index is 536. The minimum atomic E-state index is -3.58. The number of aromatic nitrogens is 1. The third kappa shape index (κ3) is 3.66. The van der Waals surface area contributed by atoms with Gasteiger partial charge in [-0.05, 0) is 32.5 Å². The molecule has 0 bridgehead atoms. The maximum atomic E-state index is 12.1. The Balaban J connectivity index is 2.04. The quantitative estimate of drug-likeness (QED) is 0.915. The summed E-state index contributed by atoms with van der Waals surface area (Å²) in [5.74, 6) is 0. The summed E-state index contributed by atoms with van der Waals surface area (Å²) in [6.45, 7) is 1.42. The second-order valence-corrected chi connectivity index (χ2v) is 6.93. The second kappa shape index (κ2) is 6.17. The van der Waals surface area contributed by atoms with Crippen LogP contribution in [0.1, 0.15) is 19.3 Å². The van der Waals surface area contributed by atoms with Crippen LogP contribution in [0.3, 0.4) is 0 Å². The van der Waals surface area contributed by atoms with Gasteiger partial charge in [-0.3, -0.25) is 4.98 Å². The Morgan fingerprint density at radius 1 is 1.53 bits per heavy atom. The fraction of sp³-hybridized carbons (Fsp3) is 0.583. The summed E-state index contributed by atoms with van der Waals surface area (Å²) >= 11 is 5.89. The van der Waals surface area contributed by atoms with Gasteiger partial charge in [0.1, 0.15) is 4.90 Å². The maximum Gasteiger partial charge on any atom is 0.243 e. The van der Waals surface area contributed by atoms with E-state index in [1.807, 2.05) is 7.05 Å². The second-order valence-electron chi connectivity index (χ2n) is 4.79. The average molecular weight is 304 g/mol. The molecule has 2 rings (SSSR count). The fourth-order valence-electron chi connectivity index (χ4n) is 2.25. The van der Waals surface area contributed by atoms with Gasteiger partial charge < -0.3 is 4.90 Å². The lowest BCUT2D eigenvalue weighted by molar-refractivity contribution is 0.187. The average Bonchev–Trinajstić information content (AvgIpc) is 2.38. The largest absolute Gasteiger partial charge is 0.302 e. The SMILES string of the molecule is CN1CCCCC1CNS(=O)(=O)c1cnccc1Cl. The number of nitrogens with one attached hydrogen (secondary N) is 1. The Morgan fingerprint density at radius 2 is 2.32 bits per heavy atom. The van der Waals surface area contributed by atoms with Gasteiger partial charge in [0.25, 0.3) is 0 Å². The third-order valence-electron chi connectivity index (χ3n) is 3.45. The van der Waals surface area contributed by atoms with E-state index >= 15 is 0 Å². The number of sulfonamides is 1. The third-order valence-corrected chi connectivity index (χ3v) is 5.35. The first-order valence-corrected chi connectivity index (χ1v) is 8.16. The van der Waals surface area contributed by atoms with Crippen LogP contribution in [0.2, 0.25) is 5.02 Å². The molecule has 0 amide bonds. The molecule has 19 heavy (non-hydrogen) atoms. The lowest BCUT2D eigenvalue weighted by Crippen LogP contribution is -2.44. The molecule has 106 valence electrons. The van der Waals surface area contributed by atoms with Gasteiger partial charge >= 0.3 is 0 Å². The van der Waals surface area contributed by atoms with E-state index in [1.165, 1.54) is 24.9 Å². The maximum absolute atomic E-state index is 12.1. The number of piperidine rings is 1. The van der Waals surface area contributed by atoms with E-state index in [-0.39, 0.29) is 16.0 Å². The Kier molecular flexibility index (Phi) is 4.78. The Labute approximate surface area is 119 Å². The van der Waals surface area contributed by atoms with Crippen LogP contribution in [0.25, 0.3) is 0 Å². The number of hydrogen-bond acceptors (Lipinski definition) is 4. The highest BCUT2D eigenvalue weighted by Gasteiger charge is 2.23. The van der Waals surface area contributed by atoms with Crippen LogP contribution >= 0.6 is 11.6 Å². The van der Waals surface area contributed by atoms with E-state index in [4.69, 9.17) is 11.6 Å². The molecule has 0 radical (unpaired) electrons. The smallest absolute Gasteiger partial charge is 0.243 e. The van der Waals surface area contributed by atoms with E-state index in [2.05, 4.69) is 14.6 Å². The van der Waals surface area contributed by atoms with Crippen molar-refractivity contribution in [2.75, 3.05) is 20.1 Å². The van der Waals surface area contributed by atoms with Gasteiger partial charge in [-0.25, -0.2) is 13.1 Å². The van der Waals surface area contributed by atoms with E-state index in [9.17, 15) is 8.42 Å². The van der Waals surface area contributed by atoms with E-state index in [0.29, 0.717) is 6.54 Å². The number of pyridine rings is 1. The topological polar surface area (TPSA) is 62.3 Å². The monoisotopic (exact) mass is 303 g/mol. The van der Waals surface area contributed by atoms with Crippen LogP contribution in [0, 0.1) is 0 Å². The van der Waals surface area contributed by atoms with Crippen molar-refractivity contribution < 1.29 is 8.42 Å². The van der Waals surface area contributed by atoms with Crippen LogP contribution in [0.15, 0.2) is 23.4 Å². The molecule has 1 aliphatic rings. The first kappa shape index (κ1) is 14.7. The zero-order valence-electron chi connectivity index (χ0n) is 10.8. The first-order valence-electron chi connectivity index (χ1n) is 6.30. The summed E-state index contributed by atoms with van der Waals surface area (Å²) in [5, 5.41) is 0.194. The molecule has 7 heteroatoms. The Hall–Kier alpha value is -0.690. The molecule has 0 aromatic carbocycles. The highest BCUT2D eigenvalue weighted by Crippen LogP contribution is 2.20. The van der Waals surface area contributed by atoms with Gasteiger partial charge in [0, 0.05) is 25.0 Å². The first-order chi connectivity index (χ1) is 9.00. The minimum Gasteiger partial charge on any atom is -0.302 e. The zero-order valence-corrected chi connectivity index (χ0v) is 12.4. The fourth-order valence-corrected chi connectivity index (χ4v) is 3.75. The summed E-state index contributed by atoms with van der Waals surface area (Å²) in [5.41, 5.74) is 0. The minimum absolute atomic E-state index is 0.0372. The standard InChI is InChI=1S/C12H18ClN3O2S/c1-16-7-3-2-4-10(16)8-15-19(17,18)12-9-14-6-5-11(12)13/h5-6,9-10,15H,2-4,7-8H2,1H3. The van der Waals surface area contributed by atoms with Crippen molar-refractivity contribution in [2.45, 2.75) is 30.2 Å². The molecule has 0 spiro atoms. The summed E-state index contributed by atoms with van der Waals surface area (Å²) in [4.78, 5) is 6.04. The molecule has 1 fully saturated rings. The van der Waals surface area contributed by atoms with E-state index < -0.39 is 10.0 Å². The lowest BCUT2D eigenvalue weighted by Gasteiger charge is -2.32. The molecule has 5 nitrogen and oxygen atoms in total. The molecule has 0 aliphatic carbocycles. The van der Waals surface area contributed by atoms with E-state index in [1.54, 1.807) is 0 Å². The highest BCUT2D eigenvalue weighted by molar-refractivity contribution is 7.89. The van der Waals surface area contributed by atoms with Gasteiger partial charge in [0.05, 0.1) is 5.02 Å². The molecule has 1 aliphatic heterocycles. The molecule has 1 aromatic rings. The summed E-state index contributed by atoms with van der Waals surface area (Å²) in [6.07, 6.45) is 6.07. The van der Waals surface area contributed by atoms with Gasteiger partial charge in [-0.2, -0.15) is 0 Å². The van der Waals surface area contributed by atoms with Crippen LogP contribution in [-0.4, -0.2) is 44.5 Å². The van der Waals surface area contributed by atoms with Gasteiger partial charge in [-0.1, -0.05) is 18.0 Å². The van der Waals surface area contributed by atoms with Crippen molar-refractivity contribution in [3.05, 3.63) is 23.5 Å². The van der Waals surface area contributed by atoms with Crippen molar-refractivity contribution in [2.24, 2.45) is 0 Å². The molecular formula is C12H18ClN3O2S. The molecule has 1 aromatic heterocycles. The van der Waals surface area contributed by atoms with Crippen molar-refractivity contribution >= 4 is 21.6 Å². The van der Waals surface area contributed by atoms with Gasteiger partial charge in [-0.15, -0.1) is 0 Å². The normalized spacial score (nSPS) is 21.5. The number of halogens is 1. The number of nitrogens with zero attached hydrogens (tertiary/aromatic N) is 2. The summed E-state index contributed by atoms with van der Waals surface area (Å²) in [6, 6.07) is 1.72. The van der Waals surface area contributed by atoms with Crippen LogP contribution in [0.4, 0.5) is 0 Å². The molecule has 1 unspecified atom stereocenters. The number of rotatable bonds is 4. The van der Waals surface area contributed by atoms with Gasteiger partial charge in [0.2, 0.25) is 10.0 Å². The van der Waals surface area contributed by atoms with Crippen molar-refractivity contribution in [1.29, 1.82) is 0 Å². The van der Waals surface area contributed by atoms with Crippen LogP contribution < -0.4 is 4.72 Å². The molecular weight excluding hydrogens is 286 g/mol. The molecule has 0 saturated carbocycles. The van der Waals surface area contributed by atoms with Crippen molar-refractivity contribution in [3.8, 4) is 0 Å². The highest BCUT2D eigenvalue weighted by atomic mass is 35.5. The van der Waals surface area contributed by atoms with Crippen LogP contribution in [-0.2, 0) is 10.0 Å². The van der Waals surface area contributed by atoms with Crippen molar-refractivity contribution in [3.63, 3.8) is 0 Å². The van der Waals surface area contributed by atoms with E-state index in [0.717, 1.165) is 19.4 Å². The summed E-state index contributed by atoms with van der Waals surface area (Å²) < 4.78 is 26.9. The zero-order chi connectivity index (χ0) is 13.9. The Morgan fingerprint density at radius 3 is 3.00 bits per heavy atom. The molecule has 1 N–H and O–H groups in total. The molecule has 2 heterocycles. The number of hydrogen-bond donors (Lipinski definition) is 1. The van der Waals surface area contributed by atoms with Crippen LogP contribution in [0.5, 0.6) is 0 Å². The lowest BCUT2D eigenvalue weighted by atomic mass is 10.0. The number of likely N-dealkylation sites (tertiary alicyclic amines) is 1. The van der Waals surface area contributed by atoms with Crippen molar-refractivity contribution in [1.82, 2.24) is 14.6 Å². The molecule has 1 saturated heterocycles. The number of likely N-dealkylation sites (N-methyl/N-ethyl adjacent to an activating group) is 1. The molecule has 1 atom stereocenters. The summed E-state index contributed by atoms with van der Waals surface area (Å²) in [7, 11) is -1.56. The predicted molar refractivity (Wildman–Crippen MR) is 74.7 cm³/mol. The van der Waals surface area contributed by atoms with Gasteiger partial charge in [0.15, 0.2) is 0 Å². The predicted octanol–water partition coefficient (Wildman–Crippen LogP) is 1.50.